The molecule has 0 saturated heterocycles. The van der Waals surface area contributed by atoms with E-state index in [-0.39, 0.29) is 0 Å². The van der Waals surface area contributed by atoms with Gasteiger partial charge < -0.3 is 10.0 Å². The Morgan fingerprint density at radius 2 is 1.71 bits per heavy atom. The van der Waals surface area contributed by atoms with Gasteiger partial charge in [0.1, 0.15) is 0 Å². The molecule has 0 atom stereocenters. The molecule has 3 nitrogen and oxygen atoms in total. The molecular weight excluding hydrogens is 262 g/mol. The summed E-state index contributed by atoms with van der Waals surface area (Å²) in [4.78, 5) is 13.5. The van der Waals surface area contributed by atoms with Crippen LogP contribution in [0, 0.1) is 5.41 Å². The van der Waals surface area contributed by atoms with Gasteiger partial charge >= 0.3 is 5.97 Å². The number of nitrogens with zero attached hydrogens (tertiary/aromatic N) is 1. The van der Waals surface area contributed by atoms with Crippen LogP contribution in [0.2, 0.25) is 0 Å². The maximum Gasteiger partial charge on any atom is 0.309 e. The highest BCUT2D eigenvalue weighted by Gasteiger charge is 2.26. The van der Waals surface area contributed by atoms with Crippen molar-refractivity contribution < 1.29 is 9.90 Å². The number of aliphatic carboxylic acids is 1. The largest absolute Gasteiger partial charge is 0.481 e. The molecule has 0 aromatic heterocycles. The fourth-order valence-corrected chi connectivity index (χ4v) is 2.33. The molecule has 1 aromatic rings. The first-order valence-corrected chi connectivity index (χ1v) is 8.01. The van der Waals surface area contributed by atoms with Crippen LogP contribution in [-0.4, -0.2) is 24.2 Å². The van der Waals surface area contributed by atoms with Crippen LogP contribution in [0.1, 0.15) is 52.9 Å². The van der Waals surface area contributed by atoms with Crippen molar-refractivity contribution in [1.29, 1.82) is 0 Å². The van der Waals surface area contributed by atoms with Gasteiger partial charge in [-0.05, 0) is 45.2 Å². The number of carboxylic acid groups (broad SMARTS) is 1. The van der Waals surface area contributed by atoms with Crippen molar-refractivity contribution in [2.75, 3.05) is 18.0 Å². The van der Waals surface area contributed by atoms with Crippen molar-refractivity contribution in [1.82, 2.24) is 0 Å². The second-order valence-corrected chi connectivity index (χ2v) is 6.32. The third kappa shape index (κ3) is 6.19. The molecule has 0 unspecified atom stereocenters. The number of hydrogen-bond acceptors (Lipinski definition) is 2. The van der Waals surface area contributed by atoms with E-state index in [4.69, 9.17) is 5.11 Å². The molecule has 21 heavy (non-hydrogen) atoms. The van der Waals surface area contributed by atoms with Crippen LogP contribution >= 0.6 is 0 Å². The average Bonchev–Trinajstić information content (AvgIpc) is 2.47. The zero-order chi connectivity index (χ0) is 15.7. The lowest BCUT2D eigenvalue weighted by molar-refractivity contribution is -0.147. The molecule has 0 radical (unpaired) electrons. The third-order valence-corrected chi connectivity index (χ3v) is 3.96. The van der Waals surface area contributed by atoms with Crippen LogP contribution in [0.5, 0.6) is 0 Å². The molecule has 0 aliphatic heterocycles. The molecule has 1 rings (SSSR count). The van der Waals surface area contributed by atoms with E-state index >= 15 is 0 Å². The number of benzene rings is 1. The highest BCUT2D eigenvalue weighted by molar-refractivity contribution is 5.73. The fourth-order valence-electron chi connectivity index (χ4n) is 2.33. The zero-order valence-corrected chi connectivity index (χ0v) is 13.6. The Bertz CT molecular complexity index is 414. The first-order chi connectivity index (χ1) is 9.97. The number of unbranched alkanes of at least 4 members (excludes halogenated alkanes) is 2. The van der Waals surface area contributed by atoms with Crippen molar-refractivity contribution in [2.24, 2.45) is 5.41 Å². The minimum absolute atomic E-state index is 0.610. The SMILES string of the molecule is CCCCN(CCCCC(C)(C)C(=O)O)c1ccccc1. The molecule has 0 amide bonds. The van der Waals surface area contributed by atoms with Crippen LogP contribution < -0.4 is 4.90 Å². The van der Waals surface area contributed by atoms with Crippen LogP contribution in [0.15, 0.2) is 30.3 Å². The van der Waals surface area contributed by atoms with Gasteiger partial charge in [0.15, 0.2) is 0 Å². The van der Waals surface area contributed by atoms with E-state index < -0.39 is 11.4 Å². The van der Waals surface area contributed by atoms with E-state index in [9.17, 15) is 4.79 Å². The summed E-state index contributed by atoms with van der Waals surface area (Å²) < 4.78 is 0. The highest BCUT2D eigenvalue weighted by Crippen LogP contribution is 2.24. The van der Waals surface area contributed by atoms with E-state index in [0.29, 0.717) is 0 Å². The Hall–Kier alpha value is -1.51. The van der Waals surface area contributed by atoms with Crippen molar-refractivity contribution in [3.05, 3.63) is 30.3 Å². The quantitative estimate of drug-likeness (QED) is 0.642. The lowest BCUT2D eigenvalue weighted by atomic mass is 9.87. The predicted molar refractivity (Wildman–Crippen MR) is 88.8 cm³/mol. The molecule has 3 heteroatoms. The fraction of sp³-hybridized carbons (Fsp3) is 0.611. The summed E-state index contributed by atoms with van der Waals surface area (Å²) in [5.74, 6) is -0.701. The van der Waals surface area contributed by atoms with E-state index in [0.717, 1.165) is 32.4 Å². The summed E-state index contributed by atoms with van der Waals surface area (Å²) in [6.45, 7) is 7.89. The summed E-state index contributed by atoms with van der Waals surface area (Å²) in [5, 5.41) is 9.13. The van der Waals surface area contributed by atoms with E-state index in [2.05, 4.69) is 36.1 Å². The molecule has 0 spiro atoms. The van der Waals surface area contributed by atoms with Gasteiger partial charge in [0.05, 0.1) is 5.41 Å². The molecule has 0 bridgehead atoms. The van der Waals surface area contributed by atoms with Gasteiger partial charge in [-0.15, -0.1) is 0 Å². The van der Waals surface area contributed by atoms with Gasteiger partial charge in [-0.1, -0.05) is 38.0 Å². The van der Waals surface area contributed by atoms with Crippen LogP contribution in [0.3, 0.4) is 0 Å². The minimum atomic E-state index is -0.701. The second kappa shape index (κ2) is 8.71. The Labute approximate surface area is 129 Å². The summed E-state index contributed by atoms with van der Waals surface area (Å²) in [5.41, 5.74) is 0.657. The first kappa shape index (κ1) is 17.5. The Morgan fingerprint density at radius 1 is 1.10 bits per heavy atom. The van der Waals surface area contributed by atoms with Crippen molar-refractivity contribution in [3.8, 4) is 0 Å². The summed E-state index contributed by atoms with van der Waals surface area (Å²) in [6, 6.07) is 10.5. The summed E-state index contributed by atoms with van der Waals surface area (Å²) in [7, 11) is 0. The average molecular weight is 291 g/mol. The van der Waals surface area contributed by atoms with E-state index in [1.165, 1.54) is 18.5 Å². The van der Waals surface area contributed by atoms with Crippen LogP contribution in [0.25, 0.3) is 0 Å². The number of anilines is 1. The predicted octanol–water partition coefficient (Wildman–Crippen LogP) is 4.57. The zero-order valence-electron chi connectivity index (χ0n) is 13.6. The topological polar surface area (TPSA) is 40.5 Å². The second-order valence-electron chi connectivity index (χ2n) is 6.32. The van der Waals surface area contributed by atoms with E-state index in [1.54, 1.807) is 13.8 Å². The maximum absolute atomic E-state index is 11.1. The molecular formula is C18H29NO2. The number of carboxylic acids is 1. The first-order valence-electron chi connectivity index (χ1n) is 8.01. The van der Waals surface area contributed by atoms with Crippen LogP contribution in [-0.2, 0) is 4.79 Å². The molecule has 0 fully saturated rings. The molecule has 1 aromatic carbocycles. The molecule has 1 N–H and O–H groups in total. The van der Waals surface area contributed by atoms with Crippen molar-refractivity contribution >= 4 is 11.7 Å². The Morgan fingerprint density at radius 3 is 2.29 bits per heavy atom. The minimum Gasteiger partial charge on any atom is -0.481 e. The molecule has 0 aliphatic carbocycles. The molecule has 118 valence electrons. The monoisotopic (exact) mass is 291 g/mol. The third-order valence-electron chi connectivity index (χ3n) is 3.96. The lowest BCUT2D eigenvalue weighted by Gasteiger charge is -2.25. The van der Waals surface area contributed by atoms with Gasteiger partial charge in [0.2, 0.25) is 0 Å². The van der Waals surface area contributed by atoms with Crippen molar-refractivity contribution in [3.63, 3.8) is 0 Å². The van der Waals surface area contributed by atoms with Gasteiger partial charge in [-0.25, -0.2) is 0 Å². The van der Waals surface area contributed by atoms with Gasteiger partial charge in [0, 0.05) is 18.8 Å². The standard InChI is InChI=1S/C18H29NO2/c1-4-5-14-19(16-11-7-6-8-12-16)15-10-9-13-18(2,3)17(20)21/h6-8,11-12H,4-5,9-10,13-15H2,1-3H3,(H,20,21). The maximum atomic E-state index is 11.1. The lowest BCUT2D eigenvalue weighted by Crippen LogP contribution is -2.27. The van der Waals surface area contributed by atoms with Crippen molar-refractivity contribution in [2.45, 2.75) is 52.9 Å². The van der Waals surface area contributed by atoms with Gasteiger partial charge in [-0.3, -0.25) is 4.79 Å². The Balaban J connectivity index is 2.46. The molecule has 0 aliphatic rings. The van der Waals surface area contributed by atoms with Gasteiger partial charge in [-0.2, -0.15) is 0 Å². The highest BCUT2D eigenvalue weighted by atomic mass is 16.4. The number of rotatable bonds is 10. The van der Waals surface area contributed by atoms with Crippen LogP contribution in [0.4, 0.5) is 5.69 Å². The number of para-hydroxylation sites is 1. The number of carbonyl (C=O) groups is 1. The molecule has 0 saturated carbocycles. The normalized spacial score (nSPS) is 11.4. The van der Waals surface area contributed by atoms with Gasteiger partial charge in [0.25, 0.3) is 0 Å². The number of hydrogen-bond donors (Lipinski definition) is 1. The summed E-state index contributed by atoms with van der Waals surface area (Å²) >= 11 is 0. The smallest absolute Gasteiger partial charge is 0.309 e. The Kier molecular flexibility index (Phi) is 7.27. The van der Waals surface area contributed by atoms with E-state index in [1.807, 2.05) is 6.07 Å². The summed E-state index contributed by atoms with van der Waals surface area (Å²) in [6.07, 6.45) is 5.10. The molecule has 0 heterocycles.